The smallest absolute Gasteiger partial charge is 0.337 e. The quantitative estimate of drug-likeness (QED) is 0.869. The number of pyridine rings is 1. The molecule has 0 aliphatic carbocycles. The van der Waals surface area contributed by atoms with Gasteiger partial charge in [0.1, 0.15) is 0 Å². The van der Waals surface area contributed by atoms with Crippen molar-refractivity contribution in [2.45, 2.75) is 19.8 Å². The Morgan fingerprint density at radius 3 is 2.70 bits per heavy atom. The Hall–Kier alpha value is -1.67. The van der Waals surface area contributed by atoms with Crippen LogP contribution in [0.25, 0.3) is 0 Å². The van der Waals surface area contributed by atoms with Gasteiger partial charge in [-0.2, -0.15) is 12.7 Å². The normalized spacial score (nSPS) is 17.9. The zero-order chi connectivity index (χ0) is 14.8. The van der Waals surface area contributed by atoms with E-state index >= 15 is 0 Å². The Labute approximate surface area is 117 Å². The third kappa shape index (κ3) is 3.26. The van der Waals surface area contributed by atoms with Gasteiger partial charge in [-0.15, -0.1) is 0 Å². The molecule has 0 saturated carbocycles. The number of hydrogen-bond donors (Lipinski definition) is 2. The second kappa shape index (κ2) is 5.76. The fourth-order valence-electron chi connectivity index (χ4n) is 2.09. The molecule has 2 heterocycles. The number of aromatic nitrogens is 1. The lowest BCUT2D eigenvalue weighted by Gasteiger charge is -2.29. The van der Waals surface area contributed by atoms with Crippen molar-refractivity contribution in [1.82, 2.24) is 9.29 Å². The molecule has 1 aromatic heterocycles. The van der Waals surface area contributed by atoms with Gasteiger partial charge in [0.15, 0.2) is 0 Å². The number of carboxylic acid groups (broad SMARTS) is 1. The second-order valence-electron chi connectivity index (χ2n) is 4.92. The predicted molar refractivity (Wildman–Crippen MR) is 73.7 cm³/mol. The maximum absolute atomic E-state index is 12.2. The molecule has 0 bridgehead atoms. The largest absolute Gasteiger partial charge is 0.478 e. The second-order valence-corrected chi connectivity index (χ2v) is 6.59. The van der Waals surface area contributed by atoms with Crippen molar-refractivity contribution < 1.29 is 18.3 Å². The van der Waals surface area contributed by atoms with E-state index in [1.165, 1.54) is 22.8 Å². The lowest BCUT2D eigenvalue weighted by molar-refractivity contribution is 0.0698. The predicted octanol–water partition coefficient (Wildman–Crippen LogP) is 1.17. The van der Waals surface area contributed by atoms with Crippen LogP contribution in [0.2, 0.25) is 0 Å². The third-order valence-electron chi connectivity index (χ3n) is 3.37. The summed E-state index contributed by atoms with van der Waals surface area (Å²) < 4.78 is 28.1. The molecule has 0 spiro atoms. The Morgan fingerprint density at radius 1 is 1.45 bits per heavy atom. The highest BCUT2D eigenvalue weighted by molar-refractivity contribution is 7.90. The van der Waals surface area contributed by atoms with Crippen LogP contribution in [-0.2, 0) is 10.2 Å². The van der Waals surface area contributed by atoms with E-state index in [1.54, 1.807) is 0 Å². The summed E-state index contributed by atoms with van der Waals surface area (Å²) in [5.41, 5.74) is -0.132. The maximum atomic E-state index is 12.2. The van der Waals surface area contributed by atoms with Gasteiger partial charge in [-0.25, -0.2) is 4.79 Å². The highest BCUT2D eigenvalue weighted by Gasteiger charge is 2.27. The monoisotopic (exact) mass is 299 g/mol. The number of rotatable bonds is 4. The summed E-state index contributed by atoms with van der Waals surface area (Å²) in [6, 6.07) is 1.26. The lowest BCUT2D eigenvalue weighted by Crippen LogP contribution is -2.41. The number of aromatic carboxylic acids is 1. The number of carbonyl (C=O) groups is 1. The first-order valence-electron chi connectivity index (χ1n) is 6.35. The average Bonchev–Trinajstić information content (AvgIpc) is 2.39. The fourth-order valence-corrected chi connectivity index (χ4v) is 3.35. The zero-order valence-electron chi connectivity index (χ0n) is 11.1. The molecule has 0 atom stereocenters. The van der Waals surface area contributed by atoms with E-state index in [-0.39, 0.29) is 11.3 Å². The van der Waals surface area contributed by atoms with Crippen LogP contribution < -0.4 is 4.72 Å². The van der Waals surface area contributed by atoms with Gasteiger partial charge in [-0.1, -0.05) is 6.92 Å². The van der Waals surface area contributed by atoms with Crippen molar-refractivity contribution in [2.75, 3.05) is 17.8 Å². The van der Waals surface area contributed by atoms with Gasteiger partial charge in [0, 0.05) is 19.3 Å². The molecule has 0 unspecified atom stereocenters. The average molecular weight is 299 g/mol. The van der Waals surface area contributed by atoms with Crippen LogP contribution in [0.3, 0.4) is 0 Å². The van der Waals surface area contributed by atoms with E-state index in [0.717, 1.165) is 12.8 Å². The Kier molecular flexibility index (Phi) is 4.24. The molecule has 1 aromatic rings. The van der Waals surface area contributed by atoms with Crippen molar-refractivity contribution in [3.05, 3.63) is 24.0 Å². The Morgan fingerprint density at radius 2 is 2.10 bits per heavy atom. The van der Waals surface area contributed by atoms with E-state index in [4.69, 9.17) is 5.11 Å². The minimum absolute atomic E-state index is 0.0152. The Balaban J connectivity index is 2.18. The third-order valence-corrected chi connectivity index (χ3v) is 4.90. The van der Waals surface area contributed by atoms with Crippen molar-refractivity contribution in [3.8, 4) is 0 Å². The van der Waals surface area contributed by atoms with Crippen LogP contribution in [0.4, 0.5) is 5.69 Å². The summed E-state index contributed by atoms with van der Waals surface area (Å²) in [5.74, 6) is -0.688. The molecule has 0 radical (unpaired) electrons. The molecular weight excluding hydrogens is 282 g/mol. The van der Waals surface area contributed by atoms with Gasteiger partial charge in [0.25, 0.3) is 0 Å². The van der Waals surface area contributed by atoms with Crippen molar-refractivity contribution in [2.24, 2.45) is 5.92 Å². The summed E-state index contributed by atoms with van der Waals surface area (Å²) in [7, 11) is -3.74. The van der Waals surface area contributed by atoms with E-state index < -0.39 is 16.2 Å². The maximum Gasteiger partial charge on any atom is 0.337 e. The molecule has 1 aliphatic heterocycles. The molecule has 110 valence electrons. The number of hydrogen-bond acceptors (Lipinski definition) is 4. The molecule has 0 amide bonds. The molecule has 0 aromatic carbocycles. The highest BCUT2D eigenvalue weighted by Crippen LogP contribution is 2.21. The molecule has 7 nitrogen and oxygen atoms in total. The minimum Gasteiger partial charge on any atom is -0.478 e. The van der Waals surface area contributed by atoms with Crippen molar-refractivity contribution >= 4 is 21.9 Å². The zero-order valence-corrected chi connectivity index (χ0v) is 11.9. The lowest BCUT2D eigenvalue weighted by atomic mass is 10.0. The van der Waals surface area contributed by atoms with Gasteiger partial charge in [-0.05, 0) is 24.8 Å². The van der Waals surface area contributed by atoms with E-state index in [0.29, 0.717) is 19.0 Å². The highest BCUT2D eigenvalue weighted by atomic mass is 32.2. The van der Waals surface area contributed by atoms with Crippen LogP contribution >= 0.6 is 0 Å². The summed E-state index contributed by atoms with van der Waals surface area (Å²) in [4.78, 5) is 14.8. The molecule has 2 rings (SSSR count). The molecule has 2 N–H and O–H groups in total. The first-order chi connectivity index (χ1) is 9.40. The van der Waals surface area contributed by atoms with Crippen molar-refractivity contribution in [1.29, 1.82) is 0 Å². The topological polar surface area (TPSA) is 99.6 Å². The van der Waals surface area contributed by atoms with Gasteiger partial charge in [0.2, 0.25) is 0 Å². The van der Waals surface area contributed by atoms with Gasteiger partial charge >= 0.3 is 16.2 Å². The molecule has 1 aliphatic rings. The number of nitrogens with zero attached hydrogens (tertiary/aromatic N) is 2. The molecule has 20 heavy (non-hydrogen) atoms. The molecule has 1 fully saturated rings. The number of anilines is 1. The summed E-state index contributed by atoms with van der Waals surface area (Å²) >= 11 is 0. The van der Waals surface area contributed by atoms with Crippen LogP contribution in [0.5, 0.6) is 0 Å². The van der Waals surface area contributed by atoms with Crippen LogP contribution in [0.15, 0.2) is 18.5 Å². The first kappa shape index (κ1) is 14.7. The van der Waals surface area contributed by atoms with Crippen LogP contribution in [-0.4, -0.2) is 41.9 Å². The summed E-state index contributed by atoms with van der Waals surface area (Å²) in [6.45, 7) is 2.97. The summed E-state index contributed by atoms with van der Waals surface area (Å²) in [5, 5.41) is 9.03. The first-order valence-corrected chi connectivity index (χ1v) is 7.79. The molecular formula is C12H17N3O4S. The van der Waals surface area contributed by atoms with Gasteiger partial charge < -0.3 is 5.11 Å². The number of piperidine rings is 1. The number of nitrogens with one attached hydrogen (secondary N) is 1. The van der Waals surface area contributed by atoms with Gasteiger partial charge in [0.05, 0.1) is 17.4 Å². The minimum atomic E-state index is -3.74. The Bertz CT molecular complexity index is 594. The van der Waals surface area contributed by atoms with Crippen LogP contribution in [0.1, 0.15) is 30.1 Å². The molecule has 8 heteroatoms. The van der Waals surface area contributed by atoms with E-state index in [2.05, 4.69) is 16.6 Å². The van der Waals surface area contributed by atoms with Crippen LogP contribution in [0, 0.1) is 5.92 Å². The number of carboxylic acids is 1. The van der Waals surface area contributed by atoms with E-state index in [1.807, 2.05) is 0 Å². The van der Waals surface area contributed by atoms with E-state index in [9.17, 15) is 13.2 Å². The fraction of sp³-hybridized carbons (Fsp3) is 0.500. The summed E-state index contributed by atoms with van der Waals surface area (Å²) in [6.07, 6.45) is 4.12. The molecule has 1 saturated heterocycles. The van der Waals surface area contributed by atoms with Crippen molar-refractivity contribution in [3.63, 3.8) is 0 Å². The standard InChI is InChI=1S/C12H17N3O4S/c1-9-3-6-15(7-4-9)20(18,19)14-11-8-13-5-2-10(11)12(16)17/h2,5,8-9,14H,3-4,6-7H2,1H3,(H,16,17). The SMILES string of the molecule is CC1CCN(S(=O)(=O)Nc2cnccc2C(=O)O)CC1. The van der Waals surface area contributed by atoms with Gasteiger partial charge in [-0.3, -0.25) is 9.71 Å².